The molecule has 42 heavy (non-hydrogen) atoms. The van der Waals surface area contributed by atoms with E-state index in [2.05, 4.69) is 0 Å². The number of hydrogen-bond acceptors (Lipinski definition) is 8. The Hall–Kier alpha value is -3.50. The third-order valence-corrected chi connectivity index (χ3v) is 9.03. The molecule has 2 aliphatic heterocycles. The number of methoxy groups -OCH3 is 2. The minimum atomic E-state index is -1.24. The van der Waals surface area contributed by atoms with Crippen molar-refractivity contribution in [2.75, 3.05) is 14.2 Å². The van der Waals surface area contributed by atoms with E-state index in [0.29, 0.717) is 37.2 Å². The van der Waals surface area contributed by atoms with E-state index in [1.807, 2.05) is 36.4 Å². The molecule has 3 aromatic carbocycles. The average molecular weight is 646 g/mol. The largest absolute Gasteiger partial charge is 0.496 e. The quantitative estimate of drug-likeness (QED) is 0.261. The molecule has 0 fully saturated rings. The zero-order valence-corrected chi connectivity index (χ0v) is 25.6. The number of aromatic nitrogens is 1. The van der Waals surface area contributed by atoms with Crippen LogP contribution >= 0.6 is 46.1 Å². The Morgan fingerprint density at radius 2 is 1.86 bits per heavy atom. The molecule has 0 saturated carbocycles. The number of hydrogen-bond donors (Lipinski definition) is 0. The maximum Gasteiger partial charge on any atom is 0.317 e. The number of esters is 1. The van der Waals surface area contributed by atoms with Gasteiger partial charge in [-0.3, -0.25) is 14.2 Å². The summed E-state index contributed by atoms with van der Waals surface area (Å²) in [6.07, 6.45) is 1.77. The highest BCUT2D eigenvalue weighted by Crippen LogP contribution is 2.47. The van der Waals surface area contributed by atoms with Gasteiger partial charge in [-0.2, -0.15) is 0 Å². The number of thiazole rings is 1. The summed E-state index contributed by atoms with van der Waals surface area (Å²) in [6.45, 7) is 1.83. The first-order chi connectivity index (χ1) is 20.1. The van der Waals surface area contributed by atoms with E-state index in [1.54, 1.807) is 42.9 Å². The molecule has 0 spiro atoms. The summed E-state index contributed by atoms with van der Waals surface area (Å²) in [5.41, 5.74) is 0.640. The SMILES string of the molecule is COC(=O)[C@@H]1[C@H]2c3ccccc3O[C@@]1(C)N=c1s/c(=C/c3ccc(OC)c(COc4c(Cl)cc(Cl)cc4Cl)c3)c(=O)n12. The first-order valence-electron chi connectivity index (χ1n) is 12.8. The van der Waals surface area contributed by atoms with Crippen LogP contribution in [0.4, 0.5) is 0 Å². The summed E-state index contributed by atoms with van der Waals surface area (Å²) in [6, 6.07) is 15.3. The summed E-state index contributed by atoms with van der Waals surface area (Å²) in [7, 11) is 2.88. The molecule has 2 aliphatic rings. The lowest BCUT2D eigenvalue weighted by Gasteiger charge is -2.44. The molecule has 0 aliphatic carbocycles. The maximum atomic E-state index is 13.9. The topological polar surface area (TPSA) is 88.4 Å². The molecular weight excluding hydrogens is 623 g/mol. The number of carbonyl (C=O) groups is 1. The Morgan fingerprint density at radius 3 is 2.57 bits per heavy atom. The van der Waals surface area contributed by atoms with Crippen LogP contribution in [0.25, 0.3) is 6.08 Å². The van der Waals surface area contributed by atoms with Crippen molar-refractivity contribution in [2.24, 2.45) is 10.9 Å². The molecule has 12 heteroatoms. The second-order valence-corrected chi connectivity index (χ2v) is 12.1. The lowest BCUT2D eigenvalue weighted by Crippen LogP contribution is -2.58. The van der Waals surface area contributed by atoms with E-state index >= 15 is 0 Å². The number of nitrogens with zero attached hydrogens (tertiary/aromatic N) is 2. The lowest BCUT2D eigenvalue weighted by molar-refractivity contribution is -0.158. The van der Waals surface area contributed by atoms with Crippen LogP contribution in [0.3, 0.4) is 0 Å². The average Bonchev–Trinajstić information content (AvgIpc) is 3.24. The lowest BCUT2D eigenvalue weighted by atomic mass is 9.81. The van der Waals surface area contributed by atoms with Gasteiger partial charge in [-0.05, 0) is 48.9 Å². The van der Waals surface area contributed by atoms with Crippen LogP contribution in [-0.2, 0) is 16.1 Å². The second kappa shape index (κ2) is 11.0. The number of para-hydroxylation sites is 1. The summed E-state index contributed by atoms with van der Waals surface area (Å²) < 4.78 is 24.8. The van der Waals surface area contributed by atoms with Gasteiger partial charge in [-0.25, -0.2) is 4.99 Å². The Morgan fingerprint density at radius 1 is 1.12 bits per heavy atom. The van der Waals surface area contributed by atoms with Crippen molar-refractivity contribution in [2.45, 2.75) is 25.3 Å². The van der Waals surface area contributed by atoms with Gasteiger partial charge in [0.05, 0.1) is 34.8 Å². The van der Waals surface area contributed by atoms with Gasteiger partial charge in [0.15, 0.2) is 10.6 Å². The number of benzene rings is 3. The third kappa shape index (κ3) is 4.84. The van der Waals surface area contributed by atoms with Crippen molar-refractivity contribution in [1.82, 2.24) is 4.57 Å². The second-order valence-electron chi connectivity index (χ2n) is 9.88. The van der Waals surface area contributed by atoms with Gasteiger partial charge in [0, 0.05) is 16.1 Å². The predicted molar refractivity (Wildman–Crippen MR) is 161 cm³/mol. The minimum Gasteiger partial charge on any atom is -0.496 e. The molecule has 6 rings (SSSR count). The molecular formula is C30H23Cl3N2O6S. The van der Waals surface area contributed by atoms with Gasteiger partial charge in [0.25, 0.3) is 5.56 Å². The van der Waals surface area contributed by atoms with Crippen LogP contribution in [0.15, 0.2) is 64.4 Å². The summed E-state index contributed by atoms with van der Waals surface area (Å²) >= 11 is 19.8. The van der Waals surface area contributed by atoms with Crippen molar-refractivity contribution >= 4 is 58.2 Å². The standard InChI is InChI=1S/C30H23Cl3N2O6S/c1-30-24(28(37)39-3)25(18-6-4-5-7-22(18)41-30)35-27(36)23(42-29(35)34-30)11-15-8-9-21(38-2)16(10-15)14-40-26-19(32)12-17(31)13-20(26)33/h4-13,24-25H,14H2,1-3H3/b23-11+/t24-,25+,30+/m0/s1. The molecule has 0 saturated heterocycles. The molecule has 0 unspecified atom stereocenters. The third-order valence-electron chi connectivity index (χ3n) is 7.27. The monoisotopic (exact) mass is 644 g/mol. The number of fused-ring (bicyclic) bond motifs is 6. The van der Waals surface area contributed by atoms with Crippen LogP contribution in [0, 0.1) is 5.92 Å². The molecule has 8 nitrogen and oxygen atoms in total. The van der Waals surface area contributed by atoms with E-state index in [0.717, 1.165) is 11.1 Å². The van der Waals surface area contributed by atoms with Gasteiger partial charge in [-0.1, -0.05) is 70.4 Å². The molecule has 0 N–H and O–H groups in total. The molecule has 1 aromatic heterocycles. The Labute approximate surface area is 259 Å². The fraction of sp³-hybridized carbons (Fsp3) is 0.233. The van der Waals surface area contributed by atoms with Gasteiger partial charge < -0.3 is 18.9 Å². The Kier molecular flexibility index (Phi) is 7.47. The summed E-state index contributed by atoms with van der Waals surface area (Å²) in [5, 5.41) is 0.962. The fourth-order valence-corrected chi connectivity index (χ4v) is 7.43. The van der Waals surface area contributed by atoms with Gasteiger partial charge in [-0.15, -0.1) is 0 Å². The highest BCUT2D eigenvalue weighted by atomic mass is 35.5. The van der Waals surface area contributed by atoms with E-state index in [4.69, 9.17) is 58.7 Å². The summed E-state index contributed by atoms with van der Waals surface area (Å²) in [5.74, 6) is 0.107. The number of ether oxygens (including phenoxy) is 4. The highest BCUT2D eigenvalue weighted by Gasteiger charge is 2.55. The fourth-order valence-electron chi connectivity index (χ4n) is 5.40. The normalized spacial score (nSPS) is 20.6. The highest BCUT2D eigenvalue weighted by molar-refractivity contribution is 7.07. The molecule has 3 atom stereocenters. The van der Waals surface area contributed by atoms with Crippen molar-refractivity contribution in [3.63, 3.8) is 0 Å². The van der Waals surface area contributed by atoms with Crippen LogP contribution in [0.2, 0.25) is 15.1 Å². The van der Waals surface area contributed by atoms with Gasteiger partial charge >= 0.3 is 5.97 Å². The van der Waals surface area contributed by atoms with Crippen LogP contribution in [0.1, 0.15) is 29.7 Å². The van der Waals surface area contributed by atoms with Crippen LogP contribution in [-0.4, -0.2) is 30.5 Å². The van der Waals surface area contributed by atoms with E-state index in [1.165, 1.54) is 18.4 Å². The Balaban J connectivity index is 1.43. The molecule has 0 amide bonds. The van der Waals surface area contributed by atoms with Crippen molar-refractivity contribution in [1.29, 1.82) is 0 Å². The van der Waals surface area contributed by atoms with Crippen molar-refractivity contribution in [3.05, 3.63) is 106 Å². The number of rotatable bonds is 6. The predicted octanol–water partition coefficient (Wildman–Crippen LogP) is 5.41. The summed E-state index contributed by atoms with van der Waals surface area (Å²) in [4.78, 5) is 32.1. The van der Waals surface area contributed by atoms with Gasteiger partial charge in [0.2, 0.25) is 5.72 Å². The number of halogens is 3. The first-order valence-corrected chi connectivity index (χ1v) is 14.7. The molecule has 0 radical (unpaired) electrons. The minimum absolute atomic E-state index is 0.0938. The van der Waals surface area contributed by atoms with E-state index < -0.39 is 23.7 Å². The Bertz CT molecular complexity index is 1900. The zero-order chi connectivity index (χ0) is 29.8. The maximum absolute atomic E-state index is 13.9. The van der Waals surface area contributed by atoms with Gasteiger partial charge in [0.1, 0.15) is 24.0 Å². The first kappa shape index (κ1) is 28.6. The molecule has 2 bridgehead atoms. The molecule has 4 aromatic rings. The number of carbonyl (C=O) groups excluding carboxylic acids is 1. The smallest absolute Gasteiger partial charge is 0.317 e. The van der Waals surface area contributed by atoms with Crippen LogP contribution in [0.5, 0.6) is 17.2 Å². The van der Waals surface area contributed by atoms with E-state index in [9.17, 15) is 9.59 Å². The van der Waals surface area contributed by atoms with Crippen molar-refractivity contribution < 1.29 is 23.7 Å². The molecule has 216 valence electrons. The van der Waals surface area contributed by atoms with Crippen molar-refractivity contribution in [3.8, 4) is 17.2 Å². The zero-order valence-electron chi connectivity index (χ0n) is 22.5. The van der Waals surface area contributed by atoms with E-state index in [-0.39, 0.29) is 22.2 Å². The van der Waals surface area contributed by atoms with Crippen LogP contribution < -0.4 is 29.1 Å². The molecule has 3 heterocycles.